The van der Waals surface area contributed by atoms with E-state index in [1.807, 2.05) is 6.07 Å². The summed E-state index contributed by atoms with van der Waals surface area (Å²) >= 11 is 1.79. The summed E-state index contributed by atoms with van der Waals surface area (Å²) in [4.78, 5) is 0. The van der Waals surface area contributed by atoms with E-state index >= 15 is 0 Å². The highest BCUT2D eigenvalue weighted by molar-refractivity contribution is 7.99. The third-order valence-corrected chi connectivity index (χ3v) is 3.05. The van der Waals surface area contributed by atoms with Crippen LogP contribution in [0, 0.1) is 12.3 Å². The molecule has 0 aromatic heterocycles. The number of thioether (sulfide) groups is 1. The maximum absolute atomic E-state index is 5.17. The Morgan fingerprint density at radius 2 is 2.13 bits per heavy atom. The van der Waals surface area contributed by atoms with E-state index in [0.717, 1.165) is 18.1 Å². The molecular formula is C13H17NS. The molecule has 0 spiro atoms. The molecule has 1 aromatic rings. The van der Waals surface area contributed by atoms with E-state index < -0.39 is 0 Å². The van der Waals surface area contributed by atoms with Crippen molar-refractivity contribution < 1.29 is 0 Å². The summed E-state index contributed by atoms with van der Waals surface area (Å²) in [5, 5.41) is 3.47. The smallest absolute Gasteiger partial charge is 0.0545 e. The SMILES string of the molecule is C#CCSCCNC(C)c1ccccc1. The van der Waals surface area contributed by atoms with Crippen LogP contribution in [0.2, 0.25) is 0 Å². The number of terminal acetylenes is 1. The van der Waals surface area contributed by atoms with Gasteiger partial charge in [-0.1, -0.05) is 36.3 Å². The Balaban J connectivity index is 2.20. The molecule has 0 saturated carbocycles. The highest BCUT2D eigenvalue weighted by atomic mass is 32.2. The second-order valence-corrected chi connectivity index (χ2v) is 4.45. The van der Waals surface area contributed by atoms with E-state index in [2.05, 4.69) is 42.4 Å². The van der Waals surface area contributed by atoms with E-state index in [-0.39, 0.29) is 0 Å². The highest BCUT2D eigenvalue weighted by Gasteiger charge is 2.02. The number of rotatable bonds is 6. The molecule has 0 saturated heterocycles. The molecule has 1 unspecified atom stereocenters. The highest BCUT2D eigenvalue weighted by Crippen LogP contribution is 2.10. The lowest BCUT2D eigenvalue weighted by molar-refractivity contribution is 0.601. The molecule has 1 nitrogen and oxygen atoms in total. The summed E-state index contributed by atoms with van der Waals surface area (Å²) in [6.45, 7) is 3.18. The van der Waals surface area contributed by atoms with Crippen LogP contribution in [0.3, 0.4) is 0 Å². The molecule has 0 aliphatic heterocycles. The minimum absolute atomic E-state index is 0.414. The van der Waals surface area contributed by atoms with Crippen molar-refractivity contribution in [3.05, 3.63) is 35.9 Å². The predicted octanol–water partition coefficient (Wildman–Crippen LogP) is 2.70. The average Bonchev–Trinajstić information content (AvgIpc) is 2.30. The summed E-state index contributed by atoms with van der Waals surface area (Å²) < 4.78 is 0. The lowest BCUT2D eigenvalue weighted by Gasteiger charge is -2.13. The van der Waals surface area contributed by atoms with Gasteiger partial charge in [0.15, 0.2) is 0 Å². The van der Waals surface area contributed by atoms with Crippen LogP contribution in [0.5, 0.6) is 0 Å². The maximum Gasteiger partial charge on any atom is 0.0545 e. The second kappa shape index (κ2) is 7.39. The Morgan fingerprint density at radius 1 is 1.40 bits per heavy atom. The molecule has 0 aliphatic carbocycles. The Bertz CT molecular complexity index is 302. The maximum atomic E-state index is 5.17. The van der Waals surface area contributed by atoms with Gasteiger partial charge in [-0.25, -0.2) is 0 Å². The average molecular weight is 219 g/mol. The summed E-state index contributed by atoms with van der Waals surface area (Å²) in [6, 6.07) is 10.9. The molecule has 1 rings (SSSR count). The third-order valence-electron chi connectivity index (χ3n) is 2.18. The van der Waals surface area contributed by atoms with Crippen molar-refractivity contribution in [2.45, 2.75) is 13.0 Å². The molecule has 0 radical (unpaired) electrons. The van der Waals surface area contributed by atoms with Crippen LogP contribution < -0.4 is 5.32 Å². The van der Waals surface area contributed by atoms with Gasteiger partial charge in [-0.05, 0) is 12.5 Å². The van der Waals surface area contributed by atoms with Crippen molar-refractivity contribution in [2.24, 2.45) is 0 Å². The summed E-state index contributed by atoms with van der Waals surface area (Å²) in [5.74, 6) is 4.50. The lowest BCUT2D eigenvalue weighted by atomic mass is 10.1. The Hall–Kier alpha value is -0.910. The minimum atomic E-state index is 0.414. The first-order valence-electron chi connectivity index (χ1n) is 5.14. The normalized spacial score (nSPS) is 12.0. The Kier molecular flexibility index (Phi) is 5.99. The topological polar surface area (TPSA) is 12.0 Å². The van der Waals surface area contributed by atoms with Crippen LogP contribution in [0.4, 0.5) is 0 Å². The minimum Gasteiger partial charge on any atom is -0.309 e. The summed E-state index contributed by atoms with van der Waals surface area (Å²) in [7, 11) is 0. The molecule has 1 aromatic carbocycles. The fourth-order valence-electron chi connectivity index (χ4n) is 1.34. The van der Waals surface area contributed by atoms with Crippen LogP contribution >= 0.6 is 11.8 Å². The molecule has 1 atom stereocenters. The number of hydrogen-bond donors (Lipinski definition) is 1. The first-order valence-corrected chi connectivity index (χ1v) is 6.29. The van der Waals surface area contributed by atoms with Crippen LogP contribution in [0.1, 0.15) is 18.5 Å². The van der Waals surface area contributed by atoms with Crippen LogP contribution in [-0.2, 0) is 0 Å². The second-order valence-electron chi connectivity index (χ2n) is 3.34. The predicted molar refractivity (Wildman–Crippen MR) is 69.0 cm³/mol. The van der Waals surface area contributed by atoms with Crippen LogP contribution in [-0.4, -0.2) is 18.1 Å². The van der Waals surface area contributed by atoms with Crippen molar-refractivity contribution >= 4 is 11.8 Å². The molecule has 80 valence electrons. The van der Waals surface area contributed by atoms with E-state index in [1.165, 1.54) is 5.56 Å². The fraction of sp³-hybridized carbons (Fsp3) is 0.385. The van der Waals surface area contributed by atoms with Gasteiger partial charge in [-0.2, -0.15) is 0 Å². The molecule has 1 N–H and O–H groups in total. The largest absolute Gasteiger partial charge is 0.309 e. The number of nitrogens with one attached hydrogen (secondary N) is 1. The Labute approximate surface area is 96.7 Å². The quantitative estimate of drug-likeness (QED) is 0.583. The summed E-state index contributed by atoms with van der Waals surface area (Å²) in [6.07, 6.45) is 5.17. The zero-order chi connectivity index (χ0) is 10.9. The molecular weight excluding hydrogens is 202 g/mol. The van der Waals surface area contributed by atoms with Crippen molar-refractivity contribution in [1.82, 2.24) is 5.32 Å². The van der Waals surface area contributed by atoms with Gasteiger partial charge in [-0.15, -0.1) is 18.2 Å². The van der Waals surface area contributed by atoms with Crippen molar-refractivity contribution in [3.63, 3.8) is 0 Å². The monoisotopic (exact) mass is 219 g/mol. The van der Waals surface area contributed by atoms with Gasteiger partial charge >= 0.3 is 0 Å². The first-order chi connectivity index (χ1) is 7.34. The van der Waals surface area contributed by atoms with E-state index in [1.54, 1.807) is 11.8 Å². The zero-order valence-corrected chi connectivity index (χ0v) is 9.89. The van der Waals surface area contributed by atoms with Gasteiger partial charge in [0.05, 0.1) is 5.75 Å². The van der Waals surface area contributed by atoms with Crippen molar-refractivity contribution in [3.8, 4) is 12.3 Å². The van der Waals surface area contributed by atoms with Gasteiger partial charge in [0, 0.05) is 18.3 Å². The number of hydrogen-bond acceptors (Lipinski definition) is 2. The van der Waals surface area contributed by atoms with Gasteiger partial charge < -0.3 is 5.32 Å². The molecule has 0 heterocycles. The zero-order valence-electron chi connectivity index (χ0n) is 9.07. The molecule has 2 heteroatoms. The third kappa shape index (κ3) is 4.92. The summed E-state index contributed by atoms with van der Waals surface area (Å²) in [5.41, 5.74) is 1.33. The van der Waals surface area contributed by atoms with Crippen molar-refractivity contribution in [1.29, 1.82) is 0 Å². The van der Waals surface area contributed by atoms with E-state index in [4.69, 9.17) is 6.42 Å². The molecule has 0 aliphatic rings. The van der Waals surface area contributed by atoms with Crippen LogP contribution in [0.15, 0.2) is 30.3 Å². The molecule has 0 fully saturated rings. The van der Waals surface area contributed by atoms with Crippen molar-refractivity contribution in [2.75, 3.05) is 18.1 Å². The van der Waals surface area contributed by atoms with E-state index in [9.17, 15) is 0 Å². The van der Waals surface area contributed by atoms with Gasteiger partial charge in [0.1, 0.15) is 0 Å². The fourth-order valence-corrected chi connectivity index (χ4v) is 1.86. The lowest BCUT2D eigenvalue weighted by Crippen LogP contribution is -2.21. The van der Waals surface area contributed by atoms with Gasteiger partial charge in [0.25, 0.3) is 0 Å². The molecule has 15 heavy (non-hydrogen) atoms. The Morgan fingerprint density at radius 3 is 2.80 bits per heavy atom. The molecule has 0 amide bonds. The van der Waals surface area contributed by atoms with Crippen LogP contribution in [0.25, 0.3) is 0 Å². The molecule has 0 bridgehead atoms. The van der Waals surface area contributed by atoms with E-state index in [0.29, 0.717) is 6.04 Å². The van der Waals surface area contributed by atoms with Gasteiger partial charge in [0.2, 0.25) is 0 Å². The van der Waals surface area contributed by atoms with Gasteiger partial charge in [-0.3, -0.25) is 0 Å². The number of benzene rings is 1. The standard InChI is InChI=1S/C13H17NS/c1-3-10-15-11-9-14-12(2)13-7-5-4-6-8-13/h1,4-8,12,14H,9-11H2,2H3. The first kappa shape index (κ1) is 12.2.